The lowest BCUT2D eigenvalue weighted by molar-refractivity contribution is 0.0793. The third-order valence-corrected chi connectivity index (χ3v) is 6.54. The summed E-state index contributed by atoms with van der Waals surface area (Å²) in [4.78, 5) is 6.23. The van der Waals surface area contributed by atoms with Crippen molar-refractivity contribution in [2.24, 2.45) is 4.99 Å². The monoisotopic (exact) mass is 355 g/mol. The second kappa shape index (κ2) is 9.55. The van der Waals surface area contributed by atoms with E-state index in [1.807, 2.05) is 11.8 Å². The first-order chi connectivity index (χ1) is 11.2. The maximum Gasteiger partial charge on any atom is 0.191 e. The molecule has 1 aliphatic heterocycles. The molecule has 0 aliphatic carbocycles. The van der Waals surface area contributed by atoms with Crippen LogP contribution in [-0.4, -0.2) is 42.8 Å². The third-order valence-electron chi connectivity index (χ3n) is 4.05. The first-order valence-corrected chi connectivity index (χ1v) is 10.4. The first-order valence-electron chi connectivity index (χ1n) is 8.49. The van der Waals surface area contributed by atoms with Crippen LogP contribution in [0.3, 0.4) is 0 Å². The zero-order valence-corrected chi connectivity index (χ0v) is 16.1. The molecule has 130 valence electrons. The quantitative estimate of drug-likeness (QED) is 0.579. The molecule has 0 aromatic carbocycles. The van der Waals surface area contributed by atoms with Gasteiger partial charge >= 0.3 is 0 Å². The minimum Gasteiger partial charge on any atom is -0.381 e. The highest BCUT2D eigenvalue weighted by molar-refractivity contribution is 8.00. The minimum absolute atomic E-state index is 0.238. The van der Waals surface area contributed by atoms with Crippen molar-refractivity contribution in [2.45, 2.75) is 44.4 Å². The summed E-state index contributed by atoms with van der Waals surface area (Å²) in [5.74, 6) is 2.04. The molecule has 0 spiro atoms. The minimum atomic E-state index is 0.238. The van der Waals surface area contributed by atoms with Gasteiger partial charge in [0.2, 0.25) is 0 Å². The Morgan fingerprint density at radius 3 is 2.83 bits per heavy atom. The topological polar surface area (TPSA) is 45.7 Å². The van der Waals surface area contributed by atoms with E-state index in [4.69, 9.17) is 9.73 Å². The highest BCUT2D eigenvalue weighted by Crippen LogP contribution is 2.35. The number of hydrogen-bond acceptors (Lipinski definition) is 4. The lowest BCUT2D eigenvalue weighted by atomic mass is 9.99. The maximum atomic E-state index is 5.55. The largest absolute Gasteiger partial charge is 0.381 e. The zero-order chi connectivity index (χ0) is 16.5. The fourth-order valence-electron chi connectivity index (χ4n) is 2.75. The van der Waals surface area contributed by atoms with Gasteiger partial charge in [-0.05, 0) is 43.9 Å². The second-order valence-electron chi connectivity index (χ2n) is 5.81. The fourth-order valence-corrected chi connectivity index (χ4v) is 4.71. The van der Waals surface area contributed by atoms with E-state index in [9.17, 15) is 0 Å². The molecule has 2 rings (SSSR count). The summed E-state index contributed by atoms with van der Waals surface area (Å²) in [5, 5.41) is 9.02. The number of hydrogen-bond donors (Lipinski definition) is 2. The van der Waals surface area contributed by atoms with Gasteiger partial charge in [0.25, 0.3) is 0 Å². The van der Waals surface area contributed by atoms with Crippen molar-refractivity contribution in [1.29, 1.82) is 0 Å². The van der Waals surface area contributed by atoms with Gasteiger partial charge in [0, 0.05) is 29.4 Å². The molecule has 1 fully saturated rings. The smallest absolute Gasteiger partial charge is 0.191 e. The van der Waals surface area contributed by atoms with E-state index < -0.39 is 0 Å². The number of rotatable bonds is 7. The predicted octanol–water partition coefficient (Wildman–Crippen LogP) is 3.67. The Morgan fingerprint density at radius 2 is 2.22 bits per heavy atom. The number of thiophene rings is 1. The molecule has 1 aromatic rings. The zero-order valence-electron chi connectivity index (χ0n) is 14.4. The van der Waals surface area contributed by atoms with E-state index in [0.717, 1.165) is 50.9 Å². The van der Waals surface area contributed by atoms with Crippen molar-refractivity contribution in [1.82, 2.24) is 10.6 Å². The van der Waals surface area contributed by atoms with Gasteiger partial charge in [-0.25, -0.2) is 0 Å². The van der Waals surface area contributed by atoms with Gasteiger partial charge in [0.1, 0.15) is 0 Å². The molecule has 0 radical (unpaired) electrons. The summed E-state index contributed by atoms with van der Waals surface area (Å²) in [6, 6.07) is 4.54. The normalized spacial score (nSPS) is 19.3. The van der Waals surface area contributed by atoms with E-state index in [-0.39, 0.29) is 10.8 Å². The molecule has 23 heavy (non-hydrogen) atoms. The van der Waals surface area contributed by atoms with Crippen molar-refractivity contribution in [3.05, 3.63) is 22.4 Å². The van der Waals surface area contributed by atoms with E-state index >= 15 is 0 Å². The average Bonchev–Trinajstić information content (AvgIpc) is 3.09. The Hall–Kier alpha value is -0.720. The SMILES string of the molecule is CCNC(=NCC1(SCC)CCOCC1)NC(C)c1cccs1. The average molecular weight is 356 g/mol. The van der Waals surface area contributed by atoms with E-state index in [1.54, 1.807) is 11.3 Å². The van der Waals surface area contributed by atoms with Gasteiger partial charge in [-0.15, -0.1) is 11.3 Å². The molecular weight excluding hydrogens is 326 g/mol. The number of nitrogens with one attached hydrogen (secondary N) is 2. The number of guanidine groups is 1. The van der Waals surface area contributed by atoms with Crippen LogP contribution in [-0.2, 0) is 4.74 Å². The summed E-state index contributed by atoms with van der Waals surface area (Å²) < 4.78 is 5.78. The highest BCUT2D eigenvalue weighted by Gasteiger charge is 2.32. The first kappa shape index (κ1) is 18.6. The van der Waals surface area contributed by atoms with Crippen LogP contribution in [0.4, 0.5) is 0 Å². The maximum absolute atomic E-state index is 5.55. The number of thioether (sulfide) groups is 1. The summed E-state index contributed by atoms with van der Waals surface area (Å²) in [7, 11) is 0. The predicted molar refractivity (Wildman–Crippen MR) is 103 cm³/mol. The van der Waals surface area contributed by atoms with Crippen LogP contribution >= 0.6 is 23.1 Å². The standard InChI is InChI=1S/C17H29N3OS2/c1-4-18-16(20-14(3)15-7-6-12-22-15)19-13-17(23-5-2)8-10-21-11-9-17/h6-7,12,14H,4-5,8-11,13H2,1-3H3,(H2,18,19,20). The van der Waals surface area contributed by atoms with Crippen molar-refractivity contribution in [2.75, 3.05) is 32.1 Å². The van der Waals surface area contributed by atoms with E-state index in [0.29, 0.717) is 0 Å². The molecular formula is C17H29N3OS2. The molecule has 0 bridgehead atoms. The van der Waals surface area contributed by atoms with Crippen molar-refractivity contribution in [3.8, 4) is 0 Å². The van der Waals surface area contributed by atoms with E-state index in [2.05, 4.69) is 48.9 Å². The van der Waals surface area contributed by atoms with Gasteiger partial charge in [-0.2, -0.15) is 11.8 Å². The Bertz CT molecular complexity index is 465. The van der Waals surface area contributed by atoms with Gasteiger partial charge < -0.3 is 15.4 Å². The Kier molecular flexibility index (Phi) is 7.73. The summed E-state index contributed by atoms with van der Waals surface area (Å²) in [6.07, 6.45) is 2.18. The van der Waals surface area contributed by atoms with Gasteiger partial charge in [0.05, 0.1) is 12.6 Å². The number of nitrogens with zero attached hydrogens (tertiary/aromatic N) is 1. The van der Waals surface area contributed by atoms with Crippen LogP contribution in [0.5, 0.6) is 0 Å². The van der Waals surface area contributed by atoms with Crippen LogP contribution in [0.25, 0.3) is 0 Å². The van der Waals surface area contributed by atoms with Crippen molar-refractivity contribution >= 4 is 29.1 Å². The molecule has 6 heteroatoms. The molecule has 1 unspecified atom stereocenters. The fraction of sp³-hybridized carbons (Fsp3) is 0.706. The molecule has 1 atom stereocenters. The lowest BCUT2D eigenvalue weighted by Crippen LogP contribution is -2.41. The van der Waals surface area contributed by atoms with Crippen LogP contribution in [0.15, 0.2) is 22.5 Å². The Balaban J connectivity index is 2.01. The second-order valence-corrected chi connectivity index (χ2v) is 8.52. The number of aliphatic imine (C=N–C) groups is 1. The van der Waals surface area contributed by atoms with Crippen LogP contribution in [0.1, 0.15) is 44.5 Å². The summed E-state index contributed by atoms with van der Waals surface area (Å²) >= 11 is 3.81. The molecule has 1 aliphatic rings. The van der Waals surface area contributed by atoms with Crippen molar-refractivity contribution in [3.63, 3.8) is 0 Å². The van der Waals surface area contributed by atoms with Crippen LogP contribution in [0.2, 0.25) is 0 Å². The summed E-state index contributed by atoms with van der Waals surface area (Å²) in [5.41, 5.74) is 0. The van der Waals surface area contributed by atoms with Crippen LogP contribution < -0.4 is 10.6 Å². The molecule has 0 saturated carbocycles. The number of ether oxygens (including phenoxy) is 1. The highest BCUT2D eigenvalue weighted by atomic mass is 32.2. The van der Waals surface area contributed by atoms with Crippen LogP contribution in [0, 0.1) is 0 Å². The van der Waals surface area contributed by atoms with E-state index in [1.165, 1.54) is 4.88 Å². The molecule has 1 saturated heterocycles. The summed E-state index contributed by atoms with van der Waals surface area (Å²) in [6.45, 7) is 9.97. The molecule has 2 heterocycles. The van der Waals surface area contributed by atoms with Gasteiger partial charge in [-0.3, -0.25) is 4.99 Å². The molecule has 4 nitrogen and oxygen atoms in total. The van der Waals surface area contributed by atoms with Gasteiger partial charge in [0.15, 0.2) is 5.96 Å². The molecule has 1 aromatic heterocycles. The third kappa shape index (κ3) is 5.69. The Morgan fingerprint density at radius 1 is 1.43 bits per heavy atom. The molecule has 2 N–H and O–H groups in total. The van der Waals surface area contributed by atoms with Gasteiger partial charge in [-0.1, -0.05) is 13.0 Å². The lowest BCUT2D eigenvalue weighted by Gasteiger charge is -2.35. The molecule has 0 amide bonds. The Labute approximate surface area is 148 Å². The van der Waals surface area contributed by atoms with Crippen molar-refractivity contribution < 1.29 is 4.74 Å².